The third kappa shape index (κ3) is 7.03. The van der Waals surface area contributed by atoms with Crippen LogP contribution in [0.25, 0.3) is 0 Å². The van der Waals surface area contributed by atoms with E-state index in [0.29, 0.717) is 32.6 Å². The molecule has 1 N–H and O–H groups in total. The Balaban J connectivity index is 2.02. The minimum Gasteiger partial charge on any atom is -0.465 e. The number of piperazine rings is 1. The van der Waals surface area contributed by atoms with E-state index in [4.69, 9.17) is 11.5 Å². The van der Waals surface area contributed by atoms with Crippen LogP contribution in [-0.4, -0.2) is 53.1 Å². The first kappa shape index (κ1) is 17.4. The van der Waals surface area contributed by atoms with Gasteiger partial charge in [-0.15, -0.1) is 12.3 Å². The van der Waals surface area contributed by atoms with E-state index in [-0.39, 0.29) is 5.91 Å². The van der Waals surface area contributed by atoms with Crippen LogP contribution in [0.2, 0.25) is 0 Å². The van der Waals surface area contributed by atoms with Gasteiger partial charge in [0.15, 0.2) is 0 Å². The molecule has 0 aromatic rings. The zero-order valence-electron chi connectivity index (χ0n) is 12.7. The fourth-order valence-electron chi connectivity index (χ4n) is 2.52. The van der Waals surface area contributed by atoms with Crippen LogP contribution >= 0.6 is 0 Å². The molecule has 118 valence electrons. The molecule has 1 saturated heterocycles. The second-order valence-electron chi connectivity index (χ2n) is 5.48. The molecule has 5 nitrogen and oxygen atoms in total. The minimum atomic E-state index is -0.896. The van der Waals surface area contributed by atoms with Gasteiger partial charge in [0.2, 0.25) is 5.91 Å². The highest BCUT2D eigenvalue weighted by atomic mass is 16.4. The Morgan fingerprint density at radius 2 is 1.43 bits per heavy atom. The first-order chi connectivity index (χ1) is 10.1. The van der Waals surface area contributed by atoms with Crippen LogP contribution in [0, 0.1) is 12.3 Å². The average Bonchev–Trinajstić information content (AvgIpc) is 2.49. The lowest BCUT2D eigenvalue weighted by molar-refractivity contribution is -0.132. The lowest BCUT2D eigenvalue weighted by Crippen LogP contribution is -2.50. The Kier molecular flexibility index (Phi) is 8.34. The van der Waals surface area contributed by atoms with Crippen molar-refractivity contribution in [1.82, 2.24) is 9.80 Å². The zero-order chi connectivity index (χ0) is 15.5. The summed E-state index contributed by atoms with van der Waals surface area (Å²) >= 11 is 0. The second kappa shape index (κ2) is 10.1. The SMILES string of the molecule is C#CCCCCCCCCC(=O)N1CCN(C(=O)O)CC1. The Morgan fingerprint density at radius 3 is 2.00 bits per heavy atom. The quantitative estimate of drug-likeness (QED) is 0.553. The molecule has 21 heavy (non-hydrogen) atoms. The molecule has 0 bridgehead atoms. The Hall–Kier alpha value is -1.70. The van der Waals surface area contributed by atoms with Crippen molar-refractivity contribution >= 4 is 12.0 Å². The lowest BCUT2D eigenvalue weighted by atomic mass is 10.1. The molecular weight excluding hydrogens is 268 g/mol. The maximum absolute atomic E-state index is 12.0. The molecule has 1 fully saturated rings. The summed E-state index contributed by atoms with van der Waals surface area (Å²) in [5.74, 6) is 2.80. The van der Waals surface area contributed by atoms with E-state index >= 15 is 0 Å². The van der Waals surface area contributed by atoms with Crippen molar-refractivity contribution in [1.29, 1.82) is 0 Å². The summed E-state index contributed by atoms with van der Waals surface area (Å²) in [6.07, 6.45) is 12.4. The van der Waals surface area contributed by atoms with E-state index in [0.717, 1.165) is 32.1 Å². The lowest BCUT2D eigenvalue weighted by Gasteiger charge is -2.33. The highest BCUT2D eigenvalue weighted by Crippen LogP contribution is 2.10. The first-order valence-electron chi connectivity index (χ1n) is 7.84. The number of carboxylic acid groups (broad SMARTS) is 1. The van der Waals surface area contributed by atoms with Crippen molar-refractivity contribution in [2.75, 3.05) is 26.2 Å². The normalized spacial score (nSPS) is 14.8. The van der Waals surface area contributed by atoms with Gasteiger partial charge in [-0.2, -0.15) is 0 Å². The van der Waals surface area contributed by atoms with Crippen LogP contribution in [0.5, 0.6) is 0 Å². The fourth-order valence-corrected chi connectivity index (χ4v) is 2.52. The Bertz CT molecular complexity index is 368. The molecule has 1 aliphatic rings. The average molecular weight is 294 g/mol. The molecular formula is C16H26N2O3. The third-order valence-electron chi connectivity index (χ3n) is 3.86. The van der Waals surface area contributed by atoms with Crippen LogP contribution in [0.15, 0.2) is 0 Å². The summed E-state index contributed by atoms with van der Waals surface area (Å²) in [5, 5.41) is 8.85. The van der Waals surface area contributed by atoms with Gasteiger partial charge in [-0.25, -0.2) is 4.79 Å². The predicted molar refractivity (Wildman–Crippen MR) is 81.9 cm³/mol. The molecule has 2 amide bonds. The molecule has 0 radical (unpaired) electrons. The number of carbonyl (C=O) groups is 2. The number of rotatable bonds is 8. The number of amides is 2. The van der Waals surface area contributed by atoms with Gasteiger partial charge in [0.25, 0.3) is 0 Å². The van der Waals surface area contributed by atoms with Gasteiger partial charge in [0, 0.05) is 39.0 Å². The monoisotopic (exact) mass is 294 g/mol. The van der Waals surface area contributed by atoms with Crippen molar-refractivity contribution in [2.45, 2.75) is 51.4 Å². The number of nitrogens with zero attached hydrogens (tertiary/aromatic N) is 2. The highest BCUT2D eigenvalue weighted by molar-refractivity contribution is 5.76. The smallest absolute Gasteiger partial charge is 0.407 e. The van der Waals surface area contributed by atoms with Crippen LogP contribution in [0.1, 0.15) is 51.4 Å². The summed E-state index contributed by atoms with van der Waals surface area (Å²) in [5.41, 5.74) is 0. The molecule has 1 aliphatic heterocycles. The van der Waals surface area contributed by atoms with E-state index in [1.54, 1.807) is 4.90 Å². The zero-order valence-corrected chi connectivity index (χ0v) is 12.7. The van der Waals surface area contributed by atoms with E-state index in [2.05, 4.69) is 5.92 Å². The molecule has 0 aromatic carbocycles. The summed E-state index contributed by atoms with van der Waals surface area (Å²) in [6, 6.07) is 0. The van der Waals surface area contributed by atoms with E-state index in [9.17, 15) is 9.59 Å². The number of hydrogen-bond donors (Lipinski definition) is 1. The first-order valence-corrected chi connectivity index (χ1v) is 7.84. The number of terminal acetylenes is 1. The van der Waals surface area contributed by atoms with Gasteiger partial charge in [-0.1, -0.05) is 25.7 Å². The van der Waals surface area contributed by atoms with Gasteiger partial charge in [-0.05, 0) is 12.8 Å². The van der Waals surface area contributed by atoms with E-state index in [1.807, 2.05) is 0 Å². The molecule has 1 heterocycles. The third-order valence-corrected chi connectivity index (χ3v) is 3.86. The molecule has 0 aliphatic carbocycles. The van der Waals surface area contributed by atoms with E-state index in [1.165, 1.54) is 17.7 Å². The molecule has 0 spiro atoms. The largest absolute Gasteiger partial charge is 0.465 e. The Labute approximate surface area is 127 Å². The molecule has 5 heteroatoms. The van der Waals surface area contributed by atoms with Gasteiger partial charge >= 0.3 is 6.09 Å². The molecule has 0 atom stereocenters. The van der Waals surface area contributed by atoms with Crippen LogP contribution in [0.4, 0.5) is 4.79 Å². The van der Waals surface area contributed by atoms with E-state index < -0.39 is 6.09 Å². The van der Waals surface area contributed by atoms with Crippen LogP contribution in [-0.2, 0) is 4.79 Å². The van der Waals surface area contributed by atoms with Crippen LogP contribution in [0.3, 0.4) is 0 Å². The fraction of sp³-hybridized carbons (Fsp3) is 0.750. The summed E-state index contributed by atoms with van der Waals surface area (Å²) in [7, 11) is 0. The predicted octanol–water partition coefficient (Wildman–Crippen LogP) is 2.56. The minimum absolute atomic E-state index is 0.160. The second-order valence-corrected chi connectivity index (χ2v) is 5.48. The molecule has 0 aromatic heterocycles. The number of carbonyl (C=O) groups excluding carboxylic acids is 1. The number of hydrogen-bond acceptors (Lipinski definition) is 2. The van der Waals surface area contributed by atoms with Crippen LogP contribution < -0.4 is 0 Å². The maximum atomic E-state index is 12.0. The summed E-state index contributed by atoms with van der Waals surface area (Å²) in [6.45, 7) is 1.90. The standard InChI is InChI=1S/C16H26N2O3/c1-2-3-4-5-6-7-8-9-10-15(19)17-11-13-18(14-12-17)16(20)21/h1H,3-14H2,(H,20,21). The highest BCUT2D eigenvalue weighted by Gasteiger charge is 2.22. The topological polar surface area (TPSA) is 60.9 Å². The summed E-state index contributed by atoms with van der Waals surface area (Å²) < 4.78 is 0. The van der Waals surface area contributed by atoms with Gasteiger partial charge in [0.05, 0.1) is 0 Å². The van der Waals surface area contributed by atoms with Crippen molar-refractivity contribution in [3.8, 4) is 12.3 Å². The molecule has 0 unspecified atom stereocenters. The Morgan fingerprint density at radius 1 is 0.905 bits per heavy atom. The van der Waals surface area contributed by atoms with Crippen molar-refractivity contribution < 1.29 is 14.7 Å². The number of unbranched alkanes of at least 4 members (excludes halogenated alkanes) is 6. The van der Waals surface area contributed by atoms with Gasteiger partial charge in [-0.3, -0.25) is 4.79 Å². The molecule has 1 rings (SSSR count). The van der Waals surface area contributed by atoms with Gasteiger partial charge in [0.1, 0.15) is 0 Å². The maximum Gasteiger partial charge on any atom is 0.407 e. The van der Waals surface area contributed by atoms with Crippen molar-refractivity contribution in [3.63, 3.8) is 0 Å². The summed E-state index contributed by atoms with van der Waals surface area (Å²) in [4.78, 5) is 25.9. The van der Waals surface area contributed by atoms with Gasteiger partial charge < -0.3 is 14.9 Å². The van der Waals surface area contributed by atoms with Crippen molar-refractivity contribution in [3.05, 3.63) is 0 Å². The molecule has 0 saturated carbocycles. The van der Waals surface area contributed by atoms with Crippen molar-refractivity contribution in [2.24, 2.45) is 0 Å².